The van der Waals surface area contributed by atoms with E-state index in [2.05, 4.69) is 10.2 Å². The summed E-state index contributed by atoms with van der Waals surface area (Å²) in [4.78, 5) is 2.59. The molecule has 2 N–H and O–H groups in total. The minimum atomic E-state index is 0.361. The molecular formula is C12H24N2O. The SMILES string of the molecule is OCCC1CCCN(C[C@H]2CCCN2)C1. The van der Waals surface area contributed by atoms with Gasteiger partial charge in [-0.1, -0.05) is 0 Å². The van der Waals surface area contributed by atoms with Gasteiger partial charge in [-0.3, -0.25) is 0 Å². The number of nitrogens with zero attached hydrogens (tertiary/aromatic N) is 1. The number of hydrogen-bond donors (Lipinski definition) is 2. The third-order valence-electron chi connectivity index (χ3n) is 3.78. The average molecular weight is 212 g/mol. The summed E-state index contributed by atoms with van der Waals surface area (Å²) in [6, 6.07) is 0.734. The summed E-state index contributed by atoms with van der Waals surface area (Å²) in [7, 11) is 0. The Morgan fingerprint density at radius 3 is 2.93 bits per heavy atom. The van der Waals surface area contributed by atoms with Crippen LogP contribution in [0.4, 0.5) is 0 Å². The van der Waals surface area contributed by atoms with E-state index in [1.807, 2.05) is 0 Å². The van der Waals surface area contributed by atoms with Crippen molar-refractivity contribution in [1.29, 1.82) is 0 Å². The Labute approximate surface area is 92.8 Å². The summed E-state index contributed by atoms with van der Waals surface area (Å²) in [5.74, 6) is 0.741. The van der Waals surface area contributed by atoms with Crippen LogP contribution >= 0.6 is 0 Å². The highest BCUT2D eigenvalue weighted by Gasteiger charge is 2.23. The van der Waals surface area contributed by atoms with E-state index >= 15 is 0 Å². The highest BCUT2D eigenvalue weighted by Crippen LogP contribution is 2.20. The molecule has 3 nitrogen and oxygen atoms in total. The average Bonchev–Trinajstić information content (AvgIpc) is 2.71. The number of piperidine rings is 1. The molecule has 2 heterocycles. The summed E-state index contributed by atoms with van der Waals surface area (Å²) in [5.41, 5.74) is 0. The molecule has 3 heteroatoms. The van der Waals surface area contributed by atoms with Gasteiger partial charge in [0.2, 0.25) is 0 Å². The lowest BCUT2D eigenvalue weighted by atomic mass is 9.95. The number of aliphatic hydroxyl groups excluding tert-OH is 1. The minimum absolute atomic E-state index is 0.361. The highest BCUT2D eigenvalue weighted by molar-refractivity contribution is 4.81. The first-order valence-corrected chi connectivity index (χ1v) is 6.45. The van der Waals surface area contributed by atoms with E-state index in [9.17, 15) is 0 Å². The lowest BCUT2D eigenvalue weighted by molar-refractivity contribution is 0.139. The van der Waals surface area contributed by atoms with Crippen LogP contribution in [0.25, 0.3) is 0 Å². The van der Waals surface area contributed by atoms with Crippen LogP contribution in [0.3, 0.4) is 0 Å². The number of nitrogens with one attached hydrogen (secondary N) is 1. The fourth-order valence-corrected chi connectivity index (χ4v) is 2.96. The lowest BCUT2D eigenvalue weighted by Crippen LogP contribution is -2.43. The molecule has 88 valence electrons. The fourth-order valence-electron chi connectivity index (χ4n) is 2.96. The molecule has 0 aromatic heterocycles. The number of likely N-dealkylation sites (tertiary alicyclic amines) is 1. The van der Waals surface area contributed by atoms with E-state index in [1.54, 1.807) is 0 Å². The molecule has 1 unspecified atom stereocenters. The standard InChI is InChI=1S/C12H24N2O/c15-8-5-11-3-2-7-14(9-11)10-12-4-1-6-13-12/h11-13,15H,1-10H2/t11?,12-/m1/s1. The molecule has 0 aromatic carbocycles. The molecule has 2 rings (SSSR count). The van der Waals surface area contributed by atoms with Crippen molar-refractivity contribution < 1.29 is 5.11 Å². The topological polar surface area (TPSA) is 35.5 Å². The van der Waals surface area contributed by atoms with Crippen LogP contribution in [0.1, 0.15) is 32.1 Å². The molecule has 2 atom stereocenters. The third kappa shape index (κ3) is 3.44. The molecule has 2 aliphatic rings. The predicted molar refractivity (Wildman–Crippen MR) is 61.9 cm³/mol. The predicted octanol–water partition coefficient (Wildman–Crippen LogP) is 0.833. The van der Waals surface area contributed by atoms with E-state index in [1.165, 1.54) is 51.9 Å². The second kappa shape index (κ2) is 5.83. The van der Waals surface area contributed by atoms with Gasteiger partial charge in [0.1, 0.15) is 0 Å². The maximum absolute atomic E-state index is 8.96. The molecule has 2 saturated heterocycles. The maximum atomic E-state index is 8.96. The van der Waals surface area contributed by atoms with E-state index in [0.29, 0.717) is 6.61 Å². The molecule has 2 aliphatic heterocycles. The van der Waals surface area contributed by atoms with Gasteiger partial charge in [0.15, 0.2) is 0 Å². The molecule has 0 radical (unpaired) electrons. The Bertz CT molecular complexity index is 178. The summed E-state index contributed by atoms with van der Waals surface area (Å²) < 4.78 is 0. The molecule has 0 spiro atoms. The molecule has 0 aromatic rings. The minimum Gasteiger partial charge on any atom is -0.396 e. The zero-order chi connectivity index (χ0) is 10.5. The first kappa shape index (κ1) is 11.4. The number of hydrogen-bond acceptors (Lipinski definition) is 3. The van der Waals surface area contributed by atoms with Crippen molar-refractivity contribution in [2.75, 3.05) is 32.8 Å². The van der Waals surface area contributed by atoms with Gasteiger partial charge >= 0.3 is 0 Å². The van der Waals surface area contributed by atoms with Gasteiger partial charge in [-0.05, 0) is 51.1 Å². The van der Waals surface area contributed by atoms with E-state index in [0.717, 1.165) is 18.4 Å². The van der Waals surface area contributed by atoms with Gasteiger partial charge in [-0.15, -0.1) is 0 Å². The third-order valence-corrected chi connectivity index (χ3v) is 3.78. The first-order valence-electron chi connectivity index (χ1n) is 6.45. The largest absolute Gasteiger partial charge is 0.396 e. The van der Waals surface area contributed by atoms with Gasteiger partial charge < -0.3 is 15.3 Å². The zero-order valence-electron chi connectivity index (χ0n) is 9.62. The molecule has 2 fully saturated rings. The van der Waals surface area contributed by atoms with Crippen molar-refractivity contribution in [3.8, 4) is 0 Å². The number of rotatable bonds is 4. The van der Waals surface area contributed by atoms with E-state index in [4.69, 9.17) is 5.11 Å². The van der Waals surface area contributed by atoms with Crippen LogP contribution in [0.2, 0.25) is 0 Å². The fraction of sp³-hybridized carbons (Fsp3) is 1.00. The van der Waals surface area contributed by atoms with Crippen molar-refractivity contribution in [3.63, 3.8) is 0 Å². The maximum Gasteiger partial charge on any atom is 0.0434 e. The normalized spacial score (nSPS) is 33.4. The Kier molecular flexibility index (Phi) is 4.42. The van der Waals surface area contributed by atoms with Crippen molar-refractivity contribution in [3.05, 3.63) is 0 Å². The van der Waals surface area contributed by atoms with Crippen LogP contribution < -0.4 is 5.32 Å². The Morgan fingerprint density at radius 1 is 1.27 bits per heavy atom. The lowest BCUT2D eigenvalue weighted by Gasteiger charge is -2.34. The van der Waals surface area contributed by atoms with Gasteiger partial charge in [-0.25, -0.2) is 0 Å². The Hall–Kier alpha value is -0.120. The van der Waals surface area contributed by atoms with E-state index in [-0.39, 0.29) is 0 Å². The van der Waals surface area contributed by atoms with Gasteiger partial charge in [0.25, 0.3) is 0 Å². The van der Waals surface area contributed by atoms with Crippen LogP contribution in [-0.2, 0) is 0 Å². The van der Waals surface area contributed by atoms with Crippen molar-refractivity contribution in [2.45, 2.75) is 38.1 Å². The van der Waals surface area contributed by atoms with Crippen molar-refractivity contribution in [2.24, 2.45) is 5.92 Å². The number of aliphatic hydroxyl groups is 1. The molecule has 0 saturated carbocycles. The highest BCUT2D eigenvalue weighted by atomic mass is 16.3. The monoisotopic (exact) mass is 212 g/mol. The quantitative estimate of drug-likeness (QED) is 0.724. The zero-order valence-corrected chi connectivity index (χ0v) is 9.62. The summed E-state index contributed by atoms with van der Waals surface area (Å²) in [5, 5.41) is 12.5. The Morgan fingerprint density at radius 2 is 2.20 bits per heavy atom. The second-order valence-corrected chi connectivity index (χ2v) is 5.07. The second-order valence-electron chi connectivity index (χ2n) is 5.07. The smallest absolute Gasteiger partial charge is 0.0434 e. The molecule has 0 aliphatic carbocycles. The van der Waals surface area contributed by atoms with Gasteiger partial charge in [0, 0.05) is 25.7 Å². The van der Waals surface area contributed by atoms with Gasteiger partial charge in [0.05, 0.1) is 0 Å². The van der Waals surface area contributed by atoms with Crippen LogP contribution in [0.5, 0.6) is 0 Å². The van der Waals surface area contributed by atoms with Crippen LogP contribution in [0.15, 0.2) is 0 Å². The van der Waals surface area contributed by atoms with Crippen molar-refractivity contribution in [1.82, 2.24) is 10.2 Å². The van der Waals surface area contributed by atoms with E-state index < -0.39 is 0 Å². The van der Waals surface area contributed by atoms with Crippen LogP contribution in [0, 0.1) is 5.92 Å². The summed E-state index contributed by atoms with van der Waals surface area (Å²) in [6.07, 6.45) is 6.32. The molecule has 0 bridgehead atoms. The first-order chi connectivity index (χ1) is 7.38. The Balaban J connectivity index is 1.71. The molecule has 0 amide bonds. The van der Waals surface area contributed by atoms with Crippen molar-refractivity contribution >= 4 is 0 Å². The molecular weight excluding hydrogens is 188 g/mol. The van der Waals surface area contributed by atoms with Gasteiger partial charge in [-0.2, -0.15) is 0 Å². The summed E-state index contributed by atoms with van der Waals surface area (Å²) in [6.45, 7) is 5.26. The van der Waals surface area contributed by atoms with Crippen LogP contribution in [-0.4, -0.2) is 48.8 Å². The molecule has 15 heavy (non-hydrogen) atoms. The summed E-state index contributed by atoms with van der Waals surface area (Å²) >= 11 is 0.